The van der Waals surface area contributed by atoms with E-state index in [9.17, 15) is 0 Å². The summed E-state index contributed by atoms with van der Waals surface area (Å²) in [6.07, 6.45) is 1.87. The molecule has 0 radical (unpaired) electrons. The molecule has 0 amide bonds. The summed E-state index contributed by atoms with van der Waals surface area (Å²) in [5.74, 6) is 4.25. The van der Waals surface area contributed by atoms with Crippen molar-refractivity contribution < 1.29 is 4.74 Å². The molecule has 0 bridgehead atoms. The predicted octanol–water partition coefficient (Wildman–Crippen LogP) is 2.15. The number of morpholine rings is 1. The topological polar surface area (TPSA) is 25.4 Å². The van der Waals surface area contributed by atoms with Gasteiger partial charge < -0.3 is 9.64 Å². The lowest BCUT2D eigenvalue weighted by Gasteiger charge is -2.27. The number of hydrogen-bond acceptors (Lipinski definition) is 3. The normalized spacial score (nSPS) is 16.1. The quantitative estimate of drug-likeness (QED) is 0.571. The number of pyridine rings is 1. The van der Waals surface area contributed by atoms with Crippen molar-refractivity contribution in [3.8, 4) is 11.5 Å². The summed E-state index contributed by atoms with van der Waals surface area (Å²) >= 11 is 0. The van der Waals surface area contributed by atoms with Gasteiger partial charge in [0.1, 0.15) is 13.9 Å². The molecule has 18 heavy (non-hydrogen) atoms. The Morgan fingerprint density at radius 2 is 1.94 bits per heavy atom. The Kier molecular flexibility index (Phi) is 4.05. The van der Waals surface area contributed by atoms with E-state index in [1.54, 1.807) is 0 Å². The second kappa shape index (κ2) is 5.55. The number of anilines is 1. The Hall–Kier alpha value is -1.31. The molecule has 0 saturated carbocycles. The van der Waals surface area contributed by atoms with Crippen LogP contribution < -0.4 is 4.90 Å². The minimum atomic E-state index is -1.30. The molecule has 0 N–H and O–H groups in total. The van der Waals surface area contributed by atoms with Crippen molar-refractivity contribution in [1.29, 1.82) is 0 Å². The molecule has 0 unspecified atom stereocenters. The predicted molar refractivity (Wildman–Crippen MR) is 77.5 cm³/mol. The van der Waals surface area contributed by atoms with Gasteiger partial charge in [0.2, 0.25) is 0 Å². The van der Waals surface area contributed by atoms with Crippen molar-refractivity contribution >= 4 is 13.9 Å². The lowest BCUT2D eigenvalue weighted by atomic mass is 10.3. The van der Waals surface area contributed by atoms with E-state index >= 15 is 0 Å². The van der Waals surface area contributed by atoms with Crippen LogP contribution in [0.15, 0.2) is 18.3 Å². The van der Waals surface area contributed by atoms with Gasteiger partial charge in [-0.15, -0.1) is 5.54 Å². The van der Waals surface area contributed by atoms with Gasteiger partial charge in [-0.1, -0.05) is 25.6 Å². The molecule has 3 nitrogen and oxygen atoms in total. The van der Waals surface area contributed by atoms with Crippen molar-refractivity contribution in [2.24, 2.45) is 0 Å². The zero-order chi connectivity index (χ0) is 13.0. The second-order valence-corrected chi connectivity index (χ2v) is 10.3. The molecular weight excluding hydrogens is 240 g/mol. The molecule has 1 fully saturated rings. The van der Waals surface area contributed by atoms with Crippen LogP contribution in [0.4, 0.5) is 5.82 Å². The maximum atomic E-state index is 5.33. The molecule has 1 aromatic heterocycles. The first-order chi connectivity index (χ1) is 8.54. The zero-order valence-corrected chi connectivity index (χ0v) is 12.4. The van der Waals surface area contributed by atoms with Gasteiger partial charge in [0, 0.05) is 24.8 Å². The smallest absolute Gasteiger partial charge is 0.129 e. The number of nitrogens with zero attached hydrogens (tertiary/aromatic N) is 2. The van der Waals surface area contributed by atoms with Crippen LogP contribution in [-0.2, 0) is 4.74 Å². The SMILES string of the molecule is C[Si](C)(C)C#Cc1ccc(N2CCOCC2)nc1. The van der Waals surface area contributed by atoms with Gasteiger partial charge in [0.15, 0.2) is 0 Å². The van der Waals surface area contributed by atoms with Crippen molar-refractivity contribution in [2.45, 2.75) is 19.6 Å². The third-order valence-electron chi connectivity index (χ3n) is 2.66. The van der Waals surface area contributed by atoms with E-state index in [2.05, 4.69) is 53.1 Å². The average Bonchev–Trinajstić information content (AvgIpc) is 2.37. The van der Waals surface area contributed by atoms with Gasteiger partial charge in [0.05, 0.1) is 13.2 Å². The standard InChI is InChI=1S/C14H20N2OSi/c1-18(2,3)11-6-13-4-5-14(15-12-13)16-7-9-17-10-8-16/h4-5,12H,7-10H2,1-3H3. The van der Waals surface area contributed by atoms with Crippen LogP contribution in [0.25, 0.3) is 0 Å². The average molecular weight is 260 g/mol. The van der Waals surface area contributed by atoms with Crippen LogP contribution >= 0.6 is 0 Å². The van der Waals surface area contributed by atoms with E-state index < -0.39 is 8.07 Å². The van der Waals surface area contributed by atoms with Crippen LogP contribution in [0, 0.1) is 11.5 Å². The van der Waals surface area contributed by atoms with Gasteiger partial charge in [-0.2, -0.15) is 0 Å². The van der Waals surface area contributed by atoms with Crippen LogP contribution in [-0.4, -0.2) is 39.4 Å². The summed E-state index contributed by atoms with van der Waals surface area (Å²) in [5.41, 5.74) is 4.36. The van der Waals surface area contributed by atoms with Gasteiger partial charge in [-0.3, -0.25) is 0 Å². The van der Waals surface area contributed by atoms with Crippen LogP contribution in [0.1, 0.15) is 5.56 Å². The first-order valence-electron chi connectivity index (χ1n) is 6.36. The molecule has 2 heterocycles. The highest BCUT2D eigenvalue weighted by atomic mass is 28.3. The summed E-state index contributed by atoms with van der Waals surface area (Å²) in [5, 5.41) is 0. The molecule has 1 aliphatic heterocycles. The highest BCUT2D eigenvalue weighted by molar-refractivity contribution is 6.83. The first kappa shape index (κ1) is 13.1. The van der Waals surface area contributed by atoms with Crippen LogP contribution in [0.3, 0.4) is 0 Å². The summed E-state index contributed by atoms with van der Waals surface area (Å²) in [7, 11) is -1.30. The lowest BCUT2D eigenvalue weighted by molar-refractivity contribution is 0.122. The molecular formula is C14H20N2OSi. The molecule has 2 rings (SSSR count). The fourth-order valence-electron chi connectivity index (χ4n) is 1.70. The number of hydrogen-bond donors (Lipinski definition) is 0. The molecule has 0 aromatic carbocycles. The minimum Gasteiger partial charge on any atom is -0.378 e. The summed E-state index contributed by atoms with van der Waals surface area (Å²) in [6, 6.07) is 4.12. The summed E-state index contributed by atoms with van der Waals surface area (Å²) in [6.45, 7) is 10.2. The molecule has 1 aliphatic rings. The minimum absolute atomic E-state index is 0.791. The third kappa shape index (κ3) is 3.86. The molecule has 1 saturated heterocycles. The number of rotatable bonds is 1. The lowest BCUT2D eigenvalue weighted by Crippen LogP contribution is -2.36. The molecule has 1 aromatic rings. The van der Waals surface area contributed by atoms with Crippen LogP contribution in [0.2, 0.25) is 19.6 Å². The summed E-state index contributed by atoms with van der Waals surface area (Å²) < 4.78 is 5.33. The highest BCUT2D eigenvalue weighted by Crippen LogP contribution is 2.12. The maximum Gasteiger partial charge on any atom is 0.129 e. The van der Waals surface area contributed by atoms with Crippen molar-refractivity contribution in [3.05, 3.63) is 23.9 Å². The summed E-state index contributed by atoms with van der Waals surface area (Å²) in [4.78, 5) is 6.74. The van der Waals surface area contributed by atoms with E-state index in [-0.39, 0.29) is 0 Å². The van der Waals surface area contributed by atoms with Crippen molar-refractivity contribution in [3.63, 3.8) is 0 Å². The molecule has 0 spiro atoms. The molecule has 0 atom stereocenters. The van der Waals surface area contributed by atoms with Crippen molar-refractivity contribution in [1.82, 2.24) is 4.98 Å². The Bertz CT molecular complexity index is 447. The third-order valence-corrected chi connectivity index (χ3v) is 3.54. The Morgan fingerprint density at radius 1 is 1.22 bits per heavy atom. The number of ether oxygens (including phenoxy) is 1. The fraction of sp³-hybridized carbons (Fsp3) is 0.500. The zero-order valence-electron chi connectivity index (χ0n) is 11.4. The fourth-order valence-corrected chi connectivity index (χ4v) is 2.22. The monoisotopic (exact) mass is 260 g/mol. The maximum absolute atomic E-state index is 5.33. The molecule has 0 aliphatic carbocycles. The van der Waals surface area contributed by atoms with E-state index in [4.69, 9.17) is 4.74 Å². The van der Waals surface area contributed by atoms with Gasteiger partial charge in [0.25, 0.3) is 0 Å². The van der Waals surface area contributed by atoms with E-state index in [1.165, 1.54) is 0 Å². The van der Waals surface area contributed by atoms with E-state index in [0.717, 1.165) is 37.7 Å². The number of aromatic nitrogens is 1. The van der Waals surface area contributed by atoms with Gasteiger partial charge in [-0.25, -0.2) is 4.98 Å². The van der Waals surface area contributed by atoms with Gasteiger partial charge >= 0.3 is 0 Å². The van der Waals surface area contributed by atoms with E-state index in [0.29, 0.717) is 0 Å². The Balaban J connectivity index is 2.07. The Morgan fingerprint density at radius 3 is 2.50 bits per heavy atom. The largest absolute Gasteiger partial charge is 0.378 e. The van der Waals surface area contributed by atoms with Crippen LogP contribution in [0.5, 0.6) is 0 Å². The highest BCUT2D eigenvalue weighted by Gasteiger charge is 2.12. The second-order valence-electron chi connectivity index (χ2n) is 5.50. The van der Waals surface area contributed by atoms with E-state index in [1.807, 2.05) is 6.20 Å². The van der Waals surface area contributed by atoms with Gasteiger partial charge in [-0.05, 0) is 12.1 Å². The molecule has 96 valence electrons. The molecule has 4 heteroatoms. The first-order valence-corrected chi connectivity index (χ1v) is 9.86. The van der Waals surface area contributed by atoms with Crippen molar-refractivity contribution in [2.75, 3.05) is 31.2 Å². The Labute approximate surface area is 110 Å².